The third kappa shape index (κ3) is 2.39. The van der Waals surface area contributed by atoms with Crippen molar-refractivity contribution in [1.29, 1.82) is 0 Å². The van der Waals surface area contributed by atoms with Crippen LogP contribution in [0.15, 0.2) is 29.6 Å². The molecule has 0 saturated heterocycles. The highest BCUT2D eigenvalue weighted by Gasteiger charge is 2.26. The maximum Gasteiger partial charge on any atom is 0.123 e. The first-order chi connectivity index (χ1) is 8.04. The molecule has 1 aromatic heterocycles. The number of rotatable bonds is 3. The van der Waals surface area contributed by atoms with Crippen molar-refractivity contribution in [3.63, 3.8) is 0 Å². The van der Waals surface area contributed by atoms with Gasteiger partial charge in [-0.1, -0.05) is 19.1 Å². The van der Waals surface area contributed by atoms with E-state index in [1.165, 1.54) is 12.1 Å². The van der Waals surface area contributed by atoms with Crippen molar-refractivity contribution in [1.82, 2.24) is 4.98 Å². The SMILES string of the molecule is CCc1csc(C(C)(C)c2ccc(F)cc2)n1. The maximum atomic E-state index is 12.9. The molecule has 0 fully saturated rings. The fraction of sp³-hybridized carbons (Fsp3) is 0.357. The van der Waals surface area contributed by atoms with Crippen molar-refractivity contribution in [3.05, 3.63) is 51.7 Å². The maximum absolute atomic E-state index is 12.9. The Morgan fingerprint density at radius 2 is 1.88 bits per heavy atom. The Labute approximate surface area is 105 Å². The second-order valence-corrected chi connectivity index (χ2v) is 5.49. The lowest BCUT2D eigenvalue weighted by molar-refractivity contribution is 0.611. The van der Waals surface area contributed by atoms with Gasteiger partial charge in [0.15, 0.2) is 0 Å². The van der Waals surface area contributed by atoms with Crippen LogP contribution < -0.4 is 0 Å². The van der Waals surface area contributed by atoms with Crippen molar-refractivity contribution < 1.29 is 4.39 Å². The molecule has 1 aromatic carbocycles. The molecule has 0 unspecified atom stereocenters. The number of hydrogen-bond acceptors (Lipinski definition) is 2. The Hall–Kier alpha value is -1.22. The zero-order valence-corrected chi connectivity index (χ0v) is 11.1. The van der Waals surface area contributed by atoms with Gasteiger partial charge < -0.3 is 0 Å². The molecule has 0 atom stereocenters. The number of benzene rings is 1. The van der Waals surface area contributed by atoms with E-state index < -0.39 is 0 Å². The Morgan fingerprint density at radius 1 is 1.24 bits per heavy atom. The van der Waals surface area contributed by atoms with Crippen molar-refractivity contribution in [3.8, 4) is 0 Å². The summed E-state index contributed by atoms with van der Waals surface area (Å²) in [5.41, 5.74) is 2.06. The summed E-state index contributed by atoms with van der Waals surface area (Å²) in [4.78, 5) is 4.62. The quantitative estimate of drug-likeness (QED) is 0.795. The van der Waals surface area contributed by atoms with Gasteiger partial charge in [0, 0.05) is 10.8 Å². The third-order valence-electron chi connectivity index (χ3n) is 3.01. The van der Waals surface area contributed by atoms with Gasteiger partial charge in [-0.25, -0.2) is 9.37 Å². The van der Waals surface area contributed by atoms with Crippen LogP contribution in [0.3, 0.4) is 0 Å². The smallest absolute Gasteiger partial charge is 0.123 e. The van der Waals surface area contributed by atoms with Crippen LogP contribution in [0.25, 0.3) is 0 Å². The van der Waals surface area contributed by atoms with Crippen molar-refractivity contribution in [2.24, 2.45) is 0 Å². The highest BCUT2D eigenvalue weighted by molar-refractivity contribution is 7.09. The summed E-state index contributed by atoms with van der Waals surface area (Å²) in [7, 11) is 0. The molecule has 0 N–H and O–H groups in total. The molecule has 0 amide bonds. The molecule has 0 bridgehead atoms. The number of nitrogens with zero attached hydrogens (tertiary/aromatic N) is 1. The number of aryl methyl sites for hydroxylation is 1. The molecule has 0 spiro atoms. The van der Waals surface area contributed by atoms with E-state index in [2.05, 4.69) is 31.1 Å². The predicted molar refractivity (Wildman–Crippen MR) is 70.0 cm³/mol. The summed E-state index contributed by atoms with van der Waals surface area (Å²) in [6, 6.07) is 6.68. The van der Waals surface area contributed by atoms with Gasteiger partial charge in [-0.2, -0.15) is 0 Å². The van der Waals surface area contributed by atoms with Crippen molar-refractivity contribution in [2.75, 3.05) is 0 Å². The lowest BCUT2D eigenvalue weighted by Gasteiger charge is -2.22. The Balaban J connectivity index is 2.37. The molecule has 0 aliphatic heterocycles. The van der Waals surface area contributed by atoms with Gasteiger partial charge in [0.05, 0.1) is 5.69 Å². The molecular formula is C14H16FNS. The zero-order chi connectivity index (χ0) is 12.5. The van der Waals surface area contributed by atoms with E-state index in [1.807, 2.05) is 12.1 Å². The number of thiazole rings is 1. The summed E-state index contributed by atoms with van der Waals surface area (Å²) in [5.74, 6) is -0.196. The second kappa shape index (κ2) is 4.57. The average Bonchev–Trinajstić information content (AvgIpc) is 2.78. The molecule has 3 heteroatoms. The minimum absolute atomic E-state index is 0.161. The highest BCUT2D eigenvalue weighted by atomic mass is 32.1. The van der Waals surface area contributed by atoms with Crippen LogP contribution in [-0.4, -0.2) is 4.98 Å². The molecule has 0 saturated carbocycles. The first-order valence-corrected chi connectivity index (χ1v) is 6.63. The summed E-state index contributed by atoms with van der Waals surface area (Å²) >= 11 is 1.68. The highest BCUT2D eigenvalue weighted by Crippen LogP contribution is 2.33. The molecule has 1 nitrogen and oxygen atoms in total. The summed E-state index contributed by atoms with van der Waals surface area (Å²) in [6.07, 6.45) is 0.954. The topological polar surface area (TPSA) is 12.9 Å². The molecule has 0 radical (unpaired) electrons. The van der Waals surface area contributed by atoms with E-state index in [9.17, 15) is 4.39 Å². The standard InChI is InChI=1S/C14H16FNS/c1-4-12-9-17-13(16-12)14(2,3)10-5-7-11(15)8-6-10/h5-9H,4H2,1-3H3. The molecule has 17 heavy (non-hydrogen) atoms. The lowest BCUT2D eigenvalue weighted by atomic mass is 9.85. The van der Waals surface area contributed by atoms with E-state index in [0.717, 1.165) is 22.7 Å². The summed E-state index contributed by atoms with van der Waals surface area (Å²) in [5, 5.41) is 3.18. The molecule has 0 aliphatic rings. The van der Waals surface area contributed by atoms with Gasteiger partial charge in [-0.3, -0.25) is 0 Å². The predicted octanol–water partition coefficient (Wildman–Crippen LogP) is 4.17. The minimum Gasteiger partial charge on any atom is -0.245 e. The Bertz CT molecular complexity index is 499. The number of hydrogen-bond donors (Lipinski definition) is 0. The van der Waals surface area contributed by atoms with Crippen LogP contribution in [0.1, 0.15) is 37.0 Å². The molecular weight excluding hydrogens is 233 g/mol. The van der Waals surface area contributed by atoms with Gasteiger partial charge >= 0.3 is 0 Å². The fourth-order valence-corrected chi connectivity index (χ4v) is 2.80. The van der Waals surface area contributed by atoms with Crippen LogP contribution in [0, 0.1) is 5.82 Å². The van der Waals surface area contributed by atoms with Crippen LogP contribution in [-0.2, 0) is 11.8 Å². The average molecular weight is 249 g/mol. The van der Waals surface area contributed by atoms with E-state index in [-0.39, 0.29) is 11.2 Å². The minimum atomic E-state index is -0.196. The largest absolute Gasteiger partial charge is 0.245 e. The molecule has 2 aromatic rings. The van der Waals surface area contributed by atoms with Crippen LogP contribution in [0.5, 0.6) is 0 Å². The van der Waals surface area contributed by atoms with Crippen LogP contribution in [0.4, 0.5) is 4.39 Å². The zero-order valence-electron chi connectivity index (χ0n) is 10.3. The van der Waals surface area contributed by atoms with Gasteiger partial charge in [0.1, 0.15) is 10.8 Å². The van der Waals surface area contributed by atoms with Gasteiger partial charge in [-0.15, -0.1) is 11.3 Å². The Morgan fingerprint density at radius 3 is 2.41 bits per heavy atom. The van der Waals surface area contributed by atoms with Gasteiger partial charge in [0.25, 0.3) is 0 Å². The van der Waals surface area contributed by atoms with E-state index >= 15 is 0 Å². The van der Waals surface area contributed by atoms with E-state index in [0.29, 0.717) is 0 Å². The van der Waals surface area contributed by atoms with Crippen molar-refractivity contribution >= 4 is 11.3 Å². The second-order valence-electron chi connectivity index (χ2n) is 4.63. The summed E-state index contributed by atoms with van der Waals surface area (Å²) < 4.78 is 12.9. The molecule has 90 valence electrons. The fourth-order valence-electron chi connectivity index (χ4n) is 1.75. The molecule has 1 heterocycles. The number of halogens is 1. The molecule has 0 aliphatic carbocycles. The lowest BCUT2D eigenvalue weighted by Crippen LogP contribution is -2.18. The number of aromatic nitrogens is 1. The first-order valence-electron chi connectivity index (χ1n) is 5.75. The van der Waals surface area contributed by atoms with Crippen LogP contribution in [0.2, 0.25) is 0 Å². The summed E-state index contributed by atoms with van der Waals surface area (Å²) in [6.45, 7) is 6.35. The van der Waals surface area contributed by atoms with E-state index in [1.54, 1.807) is 11.3 Å². The van der Waals surface area contributed by atoms with Crippen LogP contribution >= 0.6 is 11.3 Å². The van der Waals surface area contributed by atoms with E-state index in [4.69, 9.17) is 0 Å². The normalized spacial score (nSPS) is 11.8. The molecule has 2 rings (SSSR count). The Kier molecular flexibility index (Phi) is 3.29. The van der Waals surface area contributed by atoms with Gasteiger partial charge in [-0.05, 0) is 38.0 Å². The van der Waals surface area contributed by atoms with Gasteiger partial charge in [0.2, 0.25) is 0 Å². The first kappa shape index (κ1) is 12.2. The third-order valence-corrected chi connectivity index (χ3v) is 4.23. The monoisotopic (exact) mass is 249 g/mol. The van der Waals surface area contributed by atoms with Crippen molar-refractivity contribution in [2.45, 2.75) is 32.6 Å².